The summed E-state index contributed by atoms with van der Waals surface area (Å²) in [6, 6.07) is 0. The Morgan fingerprint density at radius 3 is 2.21 bits per heavy atom. The molecule has 0 fully saturated rings. The number of likely N-dealkylation sites (N-methyl/N-ethyl adjacent to an activating group) is 1. The zero-order valence-electron chi connectivity index (χ0n) is 14.1. The largest absolute Gasteiger partial charge is 0.374 e. The van der Waals surface area contributed by atoms with Crippen molar-refractivity contribution in [3.8, 4) is 0 Å². The summed E-state index contributed by atoms with van der Waals surface area (Å²) in [4.78, 5) is 2.32. The molecule has 0 saturated heterocycles. The van der Waals surface area contributed by atoms with Crippen LogP contribution in [0.25, 0.3) is 0 Å². The first-order valence-corrected chi connectivity index (χ1v) is 7.90. The lowest BCUT2D eigenvalue weighted by Crippen LogP contribution is -2.20. The van der Waals surface area contributed by atoms with Crippen LogP contribution < -0.4 is 0 Å². The monoisotopic (exact) mass is 265 g/mol. The molecule has 1 heteroatoms. The molecule has 0 bridgehead atoms. The minimum atomic E-state index is 1.16. The Bertz CT molecular complexity index is 261. The molecule has 0 atom stereocenters. The maximum absolute atomic E-state index is 3.91. The van der Waals surface area contributed by atoms with E-state index in [1.165, 1.54) is 43.4 Å². The third-order valence-electron chi connectivity index (χ3n) is 2.74. The van der Waals surface area contributed by atoms with Crippen molar-refractivity contribution >= 4 is 0 Å². The summed E-state index contributed by atoms with van der Waals surface area (Å²) in [6.07, 6.45) is 12.7. The molecule has 0 spiro atoms. The summed E-state index contributed by atoms with van der Waals surface area (Å²) in [5, 5.41) is 0. The van der Waals surface area contributed by atoms with E-state index in [1.54, 1.807) is 0 Å². The average molecular weight is 265 g/mol. The van der Waals surface area contributed by atoms with E-state index in [0.717, 1.165) is 6.54 Å². The number of rotatable bonds is 2. The van der Waals surface area contributed by atoms with Gasteiger partial charge >= 0.3 is 0 Å². The second-order valence-electron chi connectivity index (χ2n) is 4.55. The van der Waals surface area contributed by atoms with E-state index in [4.69, 9.17) is 0 Å². The summed E-state index contributed by atoms with van der Waals surface area (Å²) in [6.45, 7) is 15.4. The Morgan fingerprint density at radius 1 is 1.16 bits per heavy atom. The fraction of sp³-hybridized carbons (Fsp3) is 0.667. The second-order valence-corrected chi connectivity index (χ2v) is 4.55. The highest BCUT2D eigenvalue weighted by atomic mass is 15.1. The van der Waals surface area contributed by atoms with E-state index in [-0.39, 0.29) is 0 Å². The molecule has 1 rings (SSSR count). The lowest BCUT2D eigenvalue weighted by Gasteiger charge is -2.25. The van der Waals surface area contributed by atoms with Crippen LogP contribution in [0.4, 0.5) is 0 Å². The van der Waals surface area contributed by atoms with E-state index in [9.17, 15) is 0 Å². The van der Waals surface area contributed by atoms with Gasteiger partial charge in [0.1, 0.15) is 0 Å². The first-order valence-electron chi connectivity index (χ1n) is 7.90. The summed E-state index contributed by atoms with van der Waals surface area (Å²) >= 11 is 0. The molecule has 0 radical (unpaired) electrons. The van der Waals surface area contributed by atoms with Crippen LogP contribution in [0.15, 0.2) is 36.1 Å². The van der Waals surface area contributed by atoms with Gasteiger partial charge in [-0.05, 0) is 37.8 Å². The van der Waals surface area contributed by atoms with Crippen LogP contribution in [-0.2, 0) is 0 Å². The van der Waals surface area contributed by atoms with Gasteiger partial charge in [0.15, 0.2) is 0 Å². The Labute approximate surface area is 122 Å². The molecule has 0 amide bonds. The van der Waals surface area contributed by atoms with E-state index in [1.807, 2.05) is 19.9 Å². The van der Waals surface area contributed by atoms with Crippen molar-refractivity contribution in [3.05, 3.63) is 36.1 Å². The highest BCUT2D eigenvalue weighted by molar-refractivity contribution is 5.31. The predicted molar refractivity (Wildman–Crippen MR) is 90.4 cm³/mol. The second kappa shape index (κ2) is 15.1. The maximum atomic E-state index is 3.91. The lowest BCUT2D eigenvalue weighted by molar-refractivity contribution is 0.396. The molecule has 0 saturated carbocycles. The zero-order valence-corrected chi connectivity index (χ0v) is 14.1. The van der Waals surface area contributed by atoms with Crippen molar-refractivity contribution in [2.24, 2.45) is 0 Å². The molecule has 0 aromatic carbocycles. The molecular formula is C18H35N. The molecule has 1 aliphatic rings. The van der Waals surface area contributed by atoms with Crippen LogP contribution in [0.2, 0.25) is 0 Å². The first kappa shape index (κ1) is 20.3. The Hall–Kier alpha value is -0.980. The molecule has 112 valence electrons. The van der Waals surface area contributed by atoms with Crippen molar-refractivity contribution in [2.75, 3.05) is 13.6 Å². The molecule has 0 N–H and O–H groups in total. The van der Waals surface area contributed by atoms with Crippen LogP contribution in [0, 0.1) is 0 Å². The van der Waals surface area contributed by atoms with Crippen LogP contribution in [0.3, 0.4) is 0 Å². The minimum Gasteiger partial charge on any atom is -0.374 e. The summed E-state index contributed by atoms with van der Waals surface area (Å²) < 4.78 is 0. The highest BCUT2D eigenvalue weighted by Crippen LogP contribution is 2.21. The van der Waals surface area contributed by atoms with Gasteiger partial charge in [-0.2, -0.15) is 0 Å². The normalized spacial score (nSPS) is 19.6. The molecule has 0 unspecified atom stereocenters. The third-order valence-corrected chi connectivity index (χ3v) is 2.74. The maximum Gasteiger partial charge on any atom is 0.0390 e. The first-order chi connectivity index (χ1) is 9.21. The van der Waals surface area contributed by atoms with Gasteiger partial charge in [0.2, 0.25) is 0 Å². The Morgan fingerprint density at radius 2 is 1.74 bits per heavy atom. The van der Waals surface area contributed by atoms with Gasteiger partial charge in [0.25, 0.3) is 0 Å². The quantitative estimate of drug-likeness (QED) is 0.596. The Balaban J connectivity index is 0. The van der Waals surface area contributed by atoms with Gasteiger partial charge in [0.05, 0.1) is 0 Å². The lowest BCUT2D eigenvalue weighted by atomic mass is 10.0. The van der Waals surface area contributed by atoms with Crippen LogP contribution in [0.5, 0.6) is 0 Å². The van der Waals surface area contributed by atoms with Crippen LogP contribution in [0.1, 0.15) is 66.7 Å². The molecular weight excluding hydrogens is 230 g/mol. The molecule has 0 aromatic rings. The average Bonchev–Trinajstić information content (AvgIpc) is 2.40. The van der Waals surface area contributed by atoms with Gasteiger partial charge < -0.3 is 4.90 Å². The summed E-state index contributed by atoms with van der Waals surface area (Å²) in [5.74, 6) is 0. The summed E-state index contributed by atoms with van der Waals surface area (Å²) in [7, 11) is 2.16. The molecule has 0 aliphatic carbocycles. The third kappa shape index (κ3) is 9.58. The molecule has 0 aromatic heterocycles. The SMILES string of the molecule is C=C/C1=C(\C=C/C)CCCCCN1C.CC.CCC. The van der Waals surface area contributed by atoms with Gasteiger partial charge in [-0.15, -0.1) is 0 Å². The fourth-order valence-corrected chi connectivity index (χ4v) is 1.99. The molecule has 1 nitrogen and oxygen atoms in total. The smallest absolute Gasteiger partial charge is 0.0390 e. The van der Waals surface area contributed by atoms with Gasteiger partial charge in [-0.1, -0.05) is 59.3 Å². The number of nitrogens with zero attached hydrogens (tertiary/aromatic N) is 1. The number of allylic oxidation sites excluding steroid dienone is 4. The molecule has 19 heavy (non-hydrogen) atoms. The molecule has 1 aliphatic heterocycles. The van der Waals surface area contributed by atoms with Crippen molar-refractivity contribution < 1.29 is 0 Å². The van der Waals surface area contributed by atoms with E-state index in [0.29, 0.717) is 0 Å². The van der Waals surface area contributed by atoms with Crippen LogP contribution in [-0.4, -0.2) is 18.5 Å². The van der Waals surface area contributed by atoms with E-state index in [2.05, 4.69) is 51.4 Å². The van der Waals surface area contributed by atoms with Crippen molar-refractivity contribution in [1.82, 2.24) is 4.90 Å². The molecule has 1 heterocycles. The van der Waals surface area contributed by atoms with E-state index < -0.39 is 0 Å². The topological polar surface area (TPSA) is 3.24 Å². The highest BCUT2D eigenvalue weighted by Gasteiger charge is 2.09. The van der Waals surface area contributed by atoms with Crippen molar-refractivity contribution in [2.45, 2.75) is 66.7 Å². The minimum absolute atomic E-state index is 1.16. The standard InChI is InChI=1S/C13H21N.C3H8.C2H6/c1-4-9-12-10-7-6-8-11-14(3)13(12)5-2;1-3-2;1-2/h4-5,9H,2,6-8,10-11H2,1,3H3;3H2,1-2H3;1-2H3/b9-4-,13-12-;;. The zero-order chi connectivity index (χ0) is 15.1. The fourth-order valence-electron chi connectivity index (χ4n) is 1.99. The predicted octanol–water partition coefficient (Wildman–Crippen LogP) is 5.95. The van der Waals surface area contributed by atoms with Gasteiger partial charge in [-0.3, -0.25) is 0 Å². The van der Waals surface area contributed by atoms with Gasteiger partial charge in [0, 0.05) is 19.3 Å². The van der Waals surface area contributed by atoms with Gasteiger partial charge in [-0.25, -0.2) is 0 Å². The Kier molecular flexibility index (Phi) is 16.1. The number of hydrogen-bond donors (Lipinski definition) is 0. The van der Waals surface area contributed by atoms with Crippen molar-refractivity contribution in [1.29, 1.82) is 0 Å². The van der Waals surface area contributed by atoms with E-state index >= 15 is 0 Å². The van der Waals surface area contributed by atoms with Crippen molar-refractivity contribution in [3.63, 3.8) is 0 Å². The van der Waals surface area contributed by atoms with Crippen LogP contribution >= 0.6 is 0 Å². The number of hydrogen-bond acceptors (Lipinski definition) is 1. The summed E-state index contributed by atoms with van der Waals surface area (Å²) in [5.41, 5.74) is 2.74.